The molecule has 1 aromatic carbocycles. The highest BCUT2D eigenvalue weighted by Crippen LogP contribution is 2.16. The molecule has 0 aliphatic rings. The van der Waals surface area contributed by atoms with Gasteiger partial charge in [-0.25, -0.2) is 22.3 Å². The van der Waals surface area contributed by atoms with Gasteiger partial charge in [0, 0.05) is 18.4 Å². The third kappa shape index (κ3) is 3.25. The lowest BCUT2D eigenvalue weighted by Crippen LogP contribution is -2.20. The molecular weight excluding hydrogens is 318 g/mol. The lowest BCUT2D eigenvalue weighted by Gasteiger charge is -2.11. The molecule has 0 amide bonds. The summed E-state index contributed by atoms with van der Waals surface area (Å²) in [6, 6.07) is 11.6. The molecular formula is C14H15N5O3S. The molecule has 0 saturated carbocycles. The van der Waals surface area contributed by atoms with E-state index < -0.39 is 10.0 Å². The van der Waals surface area contributed by atoms with E-state index in [-0.39, 0.29) is 10.6 Å². The van der Waals surface area contributed by atoms with Crippen molar-refractivity contribution in [3.05, 3.63) is 70.7 Å². The highest BCUT2D eigenvalue weighted by atomic mass is 32.2. The molecule has 0 radical (unpaired) electrons. The van der Waals surface area contributed by atoms with Crippen LogP contribution < -0.4 is 11.0 Å². The number of hydrogen-bond acceptors (Lipinski definition) is 5. The minimum Gasteiger partial charge on any atom is -0.304 e. The van der Waals surface area contributed by atoms with Crippen molar-refractivity contribution in [2.75, 3.05) is 0 Å². The van der Waals surface area contributed by atoms with Crippen LogP contribution >= 0.6 is 0 Å². The number of nitrogens with zero attached hydrogens (tertiary/aromatic N) is 2. The van der Waals surface area contributed by atoms with E-state index in [0.717, 1.165) is 0 Å². The summed E-state index contributed by atoms with van der Waals surface area (Å²) in [4.78, 5) is 13.7. The van der Waals surface area contributed by atoms with E-state index in [1.807, 2.05) is 0 Å². The molecule has 0 aliphatic carbocycles. The van der Waals surface area contributed by atoms with Crippen molar-refractivity contribution in [1.82, 2.24) is 24.5 Å². The maximum atomic E-state index is 12.6. The van der Waals surface area contributed by atoms with Crippen molar-refractivity contribution in [3.8, 4) is 0 Å². The van der Waals surface area contributed by atoms with Crippen LogP contribution in [0.15, 0.2) is 58.4 Å². The molecule has 9 heteroatoms. The van der Waals surface area contributed by atoms with Crippen LogP contribution in [0, 0.1) is 0 Å². The van der Waals surface area contributed by atoms with E-state index in [2.05, 4.69) is 20.5 Å². The van der Waals surface area contributed by atoms with E-state index in [1.165, 1.54) is 10.2 Å². The van der Waals surface area contributed by atoms with E-state index >= 15 is 0 Å². The second-order valence-corrected chi connectivity index (χ2v) is 6.66. The zero-order valence-electron chi connectivity index (χ0n) is 12.1. The highest BCUT2D eigenvalue weighted by Gasteiger charge is 2.18. The Morgan fingerprint density at radius 2 is 1.87 bits per heavy atom. The summed E-state index contributed by atoms with van der Waals surface area (Å²) in [7, 11) is -3.62. The summed E-state index contributed by atoms with van der Waals surface area (Å²) in [5.74, 6) is 0.457. The number of benzene rings is 1. The van der Waals surface area contributed by atoms with Gasteiger partial charge in [-0.15, -0.1) is 0 Å². The lowest BCUT2D eigenvalue weighted by atomic mass is 10.4. The monoisotopic (exact) mass is 333 g/mol. The second kappa shape index (κ2) is 6.23. The van der Waals surface area contributed by atoms with Gasteiger partial charge in [0.15, 0.2) is 0 Å². The van der Waals surface area contributed by atoms with Crippen molar-refractivity contribution in [2.45, 2.75) is 18.0 Å². The van der Waals surface area contributed by atoms with Gasteiger partial charge in [-0.1, -0.05) is 18.2 Å². The van der Waals surface area contributed by atoms with Crippen LogP contribution in [0.3, 0.4) is 0 Å². The average molecular weight is 333 g/mol. The molecule has 3 N–H and O–H groups in total. The number of rotatable bonds is 6. The van der Waals surface area contributed by atoms with Crippen molar-refractivity contribution in [1.29, 1.82) is 0 Å². The molecule has 0 atom stereocenters. The summed E-state index contributed by atoms with van der Waals surface area (Å²) < 4.78 is 26.5. The van der Waals surface area contributed by atoms with Gasteiger partial charge in [-0.2, -0.15) is 5.10 Å². The molecule has 23 heavy (non-hydrogen) atoms. The van der Waals surface area contributed by atoms with Gasteiger partial charge < -0.3 is 5.32 Å². The van der Waals surface area contributed by atoms with Gasteiger partial charge in [-0.05, 0) is 24.3 Å². The minimum atomic E-state index is -3.62. The van der Waals surface area contributed by atoms with E-state index in [4.69, 9.17) is 0 Å². The largest absolute Gasteiger partial charge is 0.340 e. The van der Waals surface area contributed by atoms with E-state index in [1.54, 1.807) is 42.5 Å². The van der Waals surface area contributed by atoms with Crippen molar-refractivity contribution >= 4 is 10.0 Å². The first kappa shape index (κ1) is 15.3. The molecule has 8 nitrogen and oxygen atoms in total. The van der Waals surface area contributed by atoms with Gasteiger partial charge in [0.2, 0.25) is 0 Å². The maximum Gasteiger partial charge on any atom is 0.340 e. The van der Waals surface area contributed by atoms with Gasteiger partial charge in [0.05, 0.1) is 11.4 Å². The first-order valence-electron chi connectivity index (χ1n) is 6.88. The number of nitrogens with one attached hydrogen (secondary N) is 3. The van der Waals surface area contributed by atoms with Crippen LogP contribution in [0.2, 0.25) is 0 Å². The third-order valence-corrected chi connectivity index (χ3v) is 4.98. The highest BCUT2D eigenvalue weighted by molar-refractivity contribution is 7.90. The Hall–Kier alpha value is -2.65. The van der Waals surface area contributed by atoms with Crippen LogP contribution in [0.5, 0.6) is 0 Å². The van der Waals surface area contributed by atoms with Gasteiger partial charge >= 0.3 is 5.69 Å². The second-order valence-electron chi connectivity index (χ2n) is 4.84. The number of aromatic nitrogens is 4. The Kier molecular flexibility index (Phi) is 4.13. The SMILES string of the molecule is O=c1[nH]nc(CNCc2cccn2S(=O)(=O)c2ccccc2)[nH]1. The molecule has 120 valence electrons. The summed E-state index contributed by atoms with van der Waals surface area (Å²) in [5.41, 5.74) is 0.212. The third-order valence-electron chi connectivity index (χ3n) is 3.24. The molecule has 2 aromatic heterocycles. The van der Waals surface area contributed by atoms with E-state index in [0.29, 0.717) is 24.6 Å². The number of H-pyrrole nitrogens is 2. The van der Waals surface area contributed by atoms with Crippen LogP contribution in [0.1, 0.15) is 11.5 Å². The minimum absolute atomic E-state index is 0.231. The number of aromatic amines is 2. The summed E-state index contributed by atoms with van der Waals surface area (Å²) in [6.07, 6.45) is 1.51. The average Bonchev–Trinajstić information content (AvgIpc) is 3.18. The quantitative estimate of drug-likeness (QED) is 0.605. The fourth-order valence-corrected chi connectivity index (χ4v) is 3.57. The van der Waals surface area contributed by atoms with Crippen LogP contribution in [0.25, 0.3) is 0 Å². The summed E-state index contributed by atoms with van der Waals surface area (Å²) in [6.45, 7) is 0.628. The van der Waals surface area contributed by atoms with Crippen LogP contribution in [-0.2, 0) is 23.1 Å². The molecule has 0 aliphatic heterocycles. The lowest BCUT2D eigenvalue weighted by molar-refractivity contribution is 0.580. The zero-order chi connectivity index (χ0) is 16.3. The Balaban J connectivity index is 1.76. The molecule has 0 saturated heterocycles. The molecule has 3 aromatic rings. The maximum absolute atomic E-state index is 12.6. The Morgan fingerprint density at radius 1 is 1.09 bits per heavy atom. The molecule has 0 spiro atoms. The zero-order valence-corrected chi connectivity index (χ0v) is 12.9. The first-order chi connectivity index (χ1) is 11.1. The molecule has 2 heterocycles. The van der Waals surface area contributed by atoms with Crippen molar-refractivity contribution in [2.24, 2.45) is 0 Å². The van der Waals surface area contributed by atoms with Crippen molar-refractivity contribution < 1.29 is 8.42 Å². The molecule has 0 fully saturated rings. The van der Waals surface area contributed by atoms with Crippen molar-refractivity contribution in [3.63, 3.8) is 0 Å². The standard InChI is InChI=1S/C14H15N5O3S/c20-14-16-13(17-18-14)10-15-9-11-5-4-8-19(11)23(21,22)12-6-2-1-3-7-12/h1-8,15H,9-10H2,(H2,16,17,18,20). The normalized spacial score (nSPS) is 11.7. The predicted molar refractivity (Wildman–Crippen MR) is 83.2 cm³/mol. The number of hydrogen-bond donors (Lipinski definition) is 3. The van der Waals surface area contributed by atoms with Crippen LogP contribution in [0.4, 0.5) is 0 Å². The predicted octanol–water partition coefficient (Wildman–Crippen LogP) is 0.426. The fraction of sp³-hybridized carbons (Fsp3) is 0.143. The first-order valence-corrected chi connectivity index (χ1v) is 8.32. The molecule has 0 bridgehead atoms. The Bertz CT molecular complexity index is 940. The Morgan fingerprint density at radius 3 is 2.57 bits per heavy atom. The van der Waals surface area contributed by atoms with Crippen LogP contribution in [-0.4, -0.2) is 27.6 Å². The van der Waals surface area contributed by atoms with Gasteiger partial charge in [-0.3, -0.25) is 4.98 Å². The van der Waals surface area contributed by atoms with Gasteiger partial charge in [0.25, 0.3) is 10.0 Å². The Labute approximate surface area is 132 Å². The smallest absolute Gasteiger partial charge is 0.304 e. The molecule has 0 unspecified atom stereocenters. The topological polar surface area (TPSA) is 113 Å². The van der Waals surface area contributed by atoms with Gasteiger partial charge in [0.1, 0.15) is 5.82 Å². The summed E-state index contributed by atoms with van der Waals surface area (Å²) in [5, 5.41) is 9.08. The fourth-order valence-electron chi connectivity index (χ4n) is 2.18. The molecule has 3 rings (SSSR count). The van der Waals surface area contributed by atoms with E-state index in [9.17, 15) is 13.2 Å². The summed E-state index contributed by atoms with van der Waals surface area (Å²) >= 11 is 0.